The van der Waals surface area contributed by atoms with Crippen LogP contribution in [0.3, 0.4) is 0 Å². The predicted octanol–water partition coefficient (Wildman–Crippen LogP) is -1.59. The van der Waals surface area contributed by atoms with Gasteiger partial charge in [-0.2, -0.15) is 6.92 Å². The van der Waals surface area contributed by atoms with E-state index in [2.05, 4.69) is 36.0 Å². The summed E-state index contributed by atoms with van der Waals surface area (Å²) in [5, 5.41) is 61.0. The van der Waals surface area contributed by atoms with E-state index in [1.807, 2.05) is 70.6 Å². The summed E-state index contributed by atoms with van der Waals surface area (Å²) in [5.74, 6) is -28.5. The Morgan fingerprint density at radius 1 is 0.475 bits per heavy atom. The van der Waals surface area contributed by atoms with Crippen molar-refractivity contribution in [1.29, 1.82) is 0 Å². The zero-order valence-electron chi connectivity index (χ0n) is 89.9. The van der Waals surface area contributed by atoms with Crippen molar-refractivity contribution in [2.75, 3.05) is 94.8 Å². The van der Waals surface area contributed by atoms with Gasteiger partial charge in [0.25, 0.3) is 0 Å². The Labute approximate surface area is 924 Å². The first kappa shape index (κ1) is 141. The quantitative estimate of drug-likeness (QED) is 0.00446. The van der Waals surface area contributed by atoms with Crippen LogP contribution in [0, 0.1) is 124 Å². The molecule has 3 aliphatic rings. The summed E-state index contributed by atoms with van der Waals surface area (Å²) in [6, 6.07) is 25.2. The Morgan fingerprint density at radius 3 is 1.17 bits per heavy atom. The molecule has 4 aromatic carbocycles. The van der Waals surface area contributed by atoms with Gasteiger partial charge in [-0.1, -0.05) is 183 Å². The van der Waals surface area contributed by atoms with Crippen LogP contribution in [0.1, 0.15) is 255 Å². The van der Waals surface area contributed by atoms with Gasteiger partial charge in [0.2, 0.25) is 17.7 Å². The number of aliphatic hydroxyl groups is 1. The third-order valence-corrected chi connectivity index (χ3v) is 26.1. The number of carbonyl (C=O) groups is 16. The Kier molecular flexibility index (Phi) is 65.0. The van der Waals surface area contributed by atoms with Crippen molar-refractivity contribution in [3.05, 3.63) is 137 Å². The number of hydrogen-bond donors (Lipinski definition) is 4. The van der Waals surface area contributed by atoms with Crippen LogP contribution >= 0.6 is 0 Å². The number of benzene rings is 4. The van der Waals surface area contributed by atoms with Crippen LogP contribution in [0.25, 0.3) is 0 Å². The van der Waals surface area contributed by atoms with Crippen molar-refractivity contribution in [2.45, 2.75) is 216 Å². The minimum Gasteiger partial charge on any atom is -0.870 e. The molecule has 0 spiro atoms. The predicted molar refractivity (Wildman–Crippen MR) is 512 cm³/mol. The second kappa shape index (κ2) is 65.2. The molecule has 0 radical (unpaired) electrons. The second-order valence-electron chi connectivity index (χ2n) is 40.5. The number of aromatic hydroxyl groups is 1. The number of imide groups is 1. The molecule has 0 saturated carbocycles. The first-order chi connectivity index (χ1) is 63.1. The van der Waals surface area contributed by atoms with Gasteiger partial charge in [-0.15, -0.1) is 0 Å². The standard InChI is InChI=1S/C70H102N4O18.C16H14O3.C10H16O3.C5H14N2.C2H6O.C2H5.4Na.H2O/c1-19-66(5,6)55(65(89)91-44-29-27-43(28-30-44)50(76)35-49(75)42-25-23-40(3)24-26-42)48(61(84)85)39-70(13,14)54(63(87)90-20-2)47(60(82)83)38-69(11,12)53-45(57(78)74(58(53)79)34-22-33-73(17)18)36-68(9,10)52(56(77)71-31-21-32-72(15)16)46(59(80)81)37-67(7,8)51-41(4)62(86)92-64(51)88;1-11-2-4-12(5-3-11)15(18)10-16(19)13-6-8-14(17)9-7-13;1-5-10(3,4)7-6(2)8(11)13-9(7)12;1-7(2)5-3-4-6;1-2-3;1-2;;;;;/h23-30,41,45-48,51-55H,19-22,31-39H2,1-18H3,(H,71,77)(H,80,81)(H,82,83)(H,84,85);2-9,17H,10H2,1H3;6-7H,5H2,1-4H3;3-6H2,1-2H3;3H,2H2,1H3;1H2,2H3;;;;;1H2/q;;;;;-1;4*+1;/p-4. The van der Waals surface area contributed by atoms with Crippen molar-refractivity contribution in [3.63, 3.8) is 0 Å². The molecule has 141 heavy (non-hydrogen) atoms. The van der Waals surface area contributed by atoms with E-state index in [9.17, 15) is 82.4 Å². The summed E-state index contributed by atoms with van der Waals surface area (Å²) in [6.45, 7) is 41.5. The van der Waals surface area contributed by atoms with Crippen LogP contribution in [0.4, 0.5) is 0 Å². The topological polar surface area (TPSA) is 501 Å². The first-order valence-corrected chi connectivity index (χ1v) is 46.9. The van der Waals surface area contributed by atoms with Crippen LogP contribution in [-0.4, -0.2) is 225 Å². The van der Waals surface area contributed by atoms with Crippen molar-refractivity contribution in [2.24, 2.45) is 109 Å². The molecule has 12 atom stereocenters. The van der Waals surface area contributed by atoms with Gasteiger partial charge in [0.1, 0.15) is 11.5 Å². The number of carbonyl (C=O) groups excluding carboxylic acids is 16. The molecular formula is C105H155N6Na4O26-. The smallest absolute Gasteiger partial charge is 0.870 e. The Bertz CT molecular complexity index is 4640. The normalized spacial score (nSPS) is 17.4. The fourth-order valence-corrected chi connectivity index (χ4v) is 18.3. The van der Waals surface area contributed by atoms with Gasteiger partial charge in [-0.3, -0.25) is 67.2 Å². The number of phenols is 1. The summed E-state index contributed by atoms with van der Waals surface area (Å²) < 4.78 is 21.0. The third-order valence-electron chi connectivity index (χ3n) is 26.1. The Balaban J connectivity index is -0.00000156. The number of hydrogen-bond acceptors (Lipinski definition) is 30. The number of likely N-dealkylation sites (tertiary alicyclic amines) is 1. The minimum atomic E-state index is -1.89. The summed E-state index contributed by atoms with van der Waals surface area (Å²) in [7, 11) is 11.4. The van der Waals surface area contributed by atoms with Gasteiger partial charge < -0.3 is 97.0 Å². The molecule has 0 aromatic heterocycles. The zero-order chi connectivity index (χ0) is 104. The van der Waals surface area contributed by atoms with Gasteiger partial charge in [0.05, 0.1) is 72.7 Å². The van der Waals surface area contributed by atoms with Crippen molar-refractivity contribution >= 4 is 94.6 Å². The Hall–Kier alpha value is -6.64. The number of nitrogens with two attached hydrogens (primary N) is 1. The summed E-state index contributed by atoms with van der Waals surface area (Å²) in [6.07, 6.45) is 0.486. The van der Waals surface area contributed by atoms with Crippen LogP contribution in [0.15, 0.2) is 97.1 Å². The van der Waals surface area contributed by atoms with Crippen molar-refractivity contribution in [3.8, 4) is 11.5 Å². The van der Waals surface area contributed by atoms with E-state index in [1.165, 1.54) is 76.2 Å². The van der Waals surface area contributed by atoms with Gasteiger partial charge in [-0.05, 0) is 222 Å². The number of ether oxygens (including phenoxy) is 4. The van der Waals surface area contributed by atoms with Gasteiger partial charge in [0.15, 0.2) is 23.1 Å². The molecule has 3 amide bonds. The average molecular weight is 2010 g/mol. The fourth-order valence-electron chi connectivity index (χ4n) is 18.3. The number of nitrogens with zero attached hydrogens (tertiary/aromatic N) is 4. The van der Waals surface area contributed by atoms with E-state index in [-0.39, 0.29) is 234 Å². The number of aliphatic hydroxyl groups excluding tert-OH is 1. The maximum atomic E-state index is 15.3. The van der Waals surface area contributed by atoms with E-state index in [0.717, 1.165) is 42.0 Å². The largest absolute Gasteiger partial charge is 1.00 e. The van der Waals surface area contributed by atoms with Gasteiger partial charge in [-0.25, -0.2) is 0 Å². The average Bonchev–Trinajstić information content (AvgIpc) is 1.60. The van der Waals surface area contributed by atoms with Crippen molar-refractivity contribution < 1.29 is 245 Å². The molecule has 6 N–H and O–H groups in total. The Morgan fingerprint density at radius 2 is 0.823 bits per heavy atom. The zero-order valence-corrected chi connectivity index (χ0v) is 97.9. The number of Topliss-reactive ketones (excluding diaryl/α,β-unsaturated/α-hetero) is 4. The summed E-state index contributed by atoms with van der Waals surface area (Å²) >= 11 is 0. The van der Waals surface area contributed by atoms with E-state index >= 15 is 9.59 Å². The van der Waals surface area contributed by atoms with E-state index < -0.39 is 177 Å². The molecule has 7 rings (SSSR count). The number of aryl methyl sites for hydroxylation is 2. The molecule has 12 unspecified atom stereocenters. The molecule has 32 nitrogen and oxygen atoms in total. The molecule has 36 heteroatoms. The first-order valence-electron chi connectivity index (χ1n) is 46.9. The molecule has 3 aliphatic heterocycles. The molecule has 3 heterocycles. The number of aliphatic carboxylic acids is 3. The third kappa shape index (κ3) is 43.0. The number of amides is 3. The fraction of sp³-hybridized carbons (Fsp3) is 0.610. The molecule has 3 fully saturated rings. The van der Waals surface area contributed by atoms with Crippen LogP contribution in [0.2, 0.25) is 0 Å². The number of carboxylic acids is 3. The molecule has 766 valence electrons. The van der Waals surface area contributed by atoms with Crippen molar-refractivity contribution in [1.82, 2.24) is 24.9 Å². The number of phenolic OH excluding ortho intramolecular Hbond substituents is 1. The number of esters is 6. The molecule has 4 aromatic rings. The number of cyclic esters (lactones) is 4. The number of rotatable bonds is 46. The van der Waals surface area contributed by atoms with E-state index in [0.29, 0.717) is 42.6 Å². The number of carboxylic acid groups (broad SMARTS) is 3. The second-order valence-corrected chi connectivity index (χ2v) is 40.5. The molecule has 3 saturated heterocycles. The van der Waals surface area contributed by atoms with Gasteiger partial charge >= 0.3 is 154 Å². The van der Waals surface area contributed by atoms with Gasteiger partial charge in [0, 0.05) is 77.6 Å². The monoisotopic (exact) mass is 2010 g/mol. The number of ketones is 4. The molecule has 0 aliphatic carbocycles. The van der Waals surface area contributed by atoms with Crippen LogP contribution < -0.4 is 149 Å². The van der Waals surface area contributed by atoms with Crippen LogP contribution in [0.5, 0.6) is 11.5 Å². The van der Waals surface area contributed by atoms with E-state index in [4.69, 9.17) is 30.2 Å². The minimum absolute atomic E-state index is 0. The van der Waals surface area contributed by atoms with E-state index in [1.54, 1.807) is 134 Å². The summed E-state index contributed by atoms with van der Waals surface area (Å²) in [4.78, 5) is 221. The number of nitrogens with one attached hydrogen (secondary N) is 1. The SMILES string of the molecule is CCC(C)(C)C1C(=O)OC(=O)C1C.CCO.CCOC(=O)C(C(CC(C)(C)C1C(=O)N(CCCN(C)C)C(=O)C1CC(C)(C)C(C(=O)NCCCN(C)C)C(CC(C)(C)C1C(=O)OC(=O)C1C)C(=O)[O-])C(=O)[O-])C(C)(C)CC(C(=O)[O-])C(C(=O)Oc1ccc(C(=O)CC(=O)c2ccc(C)cc2)cc1)C(C)(C)CC.CN(C)CCCN.Cc1ccc(C(=O)CC(=O)c2ccc(O)cc2)cc1.[CH2-]C.[Na+].[Na+].[Na+].[Na+].[OH-]. The maximum absolute atomic E-state index is 15.3. The summed E-state index contributed by atoms with van der Waals surface area (Å²) in [5.41, 5.74) is 1.27. The molecule has 0 bridgehead atoms. The van der Waals surface area contributed by atoms with Crippen LogP contribution in [-0.2, 0) is 71.7 Å². The maximum Gasteiger partial charge on any atom is 1.00 e. The molecular weight excluding hydrogens is 1850 g/mol.